The minimum Gasteiger partial charge on any atom is -0.462 e. The average molecular weight is 1470 g/mol. The maximum absolute atomic E-state index is 13.1. The molecule has 0 aromatic carbocycles. The van der Waals surface area contributed by atoms with Gasteiger partial charge in [0.05, 0.1) is 26.4 Å². The van der Waals surface area contributed by atoms with Gasteiger partial charge in [-0.25, -0.2) is 9.13 Å². The molecule has 0 aromatic rings. The average Bonchev–Trinajstić information content (AvgIpc) is 0.907. The van der Waals surface area contributed by atoms with Gasteiger partial charge in [0.2, 0.25) is 0 Å². The van der Waals surface area contributed by atoms with Gasteiger partial charge in [-0.15, -0.1) is 0 Å². The number of hydrogen-bond donors (Lipinski definition) is 3. The molecular weight excluding hydrogens is 1330 g/mol. The molecule has 0 spiro atoms. The molecule has 0 rings (SSSR count). The van der Waals surface area contributed by atoms with E-state index in [1.165, 1.54) is 64.2 Å². The van der Waals surface area contributed by atoms with Gasteiger partial charge in [0, 0.05) is 25.7 Å². The standard InChI is InChI=1S/C83H142O17P2/c1-5-9-13-17-21-25-29-32-34-36-38-40-42-45-48-51-55-59-63-67-80(85)93-73-78(99-82(87)69-65-61-57-53-47-28-24-20-16-12-8-4)75-97-101(89,90)95-71-77(84)72-96-102(91,92)98-76-79(100-83(88)70-66-62-58-54-50-44-31-27-23-19-15-11-7-3)74-94-81(86)68-64-60-56-52-49-46-43-41-39-37-35-33-30-26-22-18-14-10-6-2/h9-10,13-14,20-22,24-26,32-35,38-41,46,49,77-79,84H,5-8,11-12,15-19,23,27-31,36-37,42-45,47-48,50-76H2,1-4H3,(H,89,90)(H,91,92)/b13-9-,14-10-,24-20-,25-21-,26-22-,34-32-,35-33-,40-38-,41-39-,49-46-. The molecule has 0 bridgehead atoms. The van der Waals surface area contributed by atoms with Crippen LogP contribution in [0, 0.1) is 0 Å². The number of aliphatic hydroxyl groups is 1. The first-order valence-electron chi connectivity index (χ1n) is 39.8. The van der Waals surface area contributed by atoms with Crippen molar-refractivity contribution in [2.24, 2.45) is 0 Å². The fraction of sp³-hybridized carbons (Fsp3) is 0.711. The third-order valence-electron chi connectivity index (χ3n) is 16.4. The van der Waals surface area contributed by atoms with Gasteiger partial charge in [0.25, 0.3) is 0 Å². The van der Waals surface area contributed by atoms with Crippen LogP contribution in [0.15, 0.2) is 122 Å². The van der Waals surface area contributed by atoms with Gasteiger partial charge in [-0.2, -0.15) is 0 Å². The molecule has 0 aliphatic rings. The lowest BCUT2D eigenvalue weighted by molar-refractivity contribution is -0.161. The molecule has 19 heteroatoms. The fourth-order valence-electron chi connectivity index (χ4n) is 10.4. The van der Waals surface area contributed by atoms with Crippen LogP contribution in [-0.2, 0) is 65.4 Å². The number of hydrogen-bond acceptors (Lipinski definition) is 15. The lowest BCUT2D eigenvalue weighted by Gasteiger charge is -2.21. The fourth-order valence-corrected chi connectivity index (χ4v) is 12.0. The molecule has 0 fully saturated rings. The van der Waals surface area contributed by atoms with Gasteiger partial charge in [-0.3, -0.25) is 37.3 Å². The summed E-state index contributed by atoms with van der Waals surface area (Å²) in [6.45, 7) is 4.57. The van der Waals surface area contributed by atoms with Crippen molar-refractivity contribution in [1.29, 1.82) is 0 Å². The summed E-state index contributed by atoms with van der Waals surface area (Å²) >= 11 is 0. The van der Waals surface area contributed by atoms with E-state index in [2.05, 4.69) is 149 Å². The summed E-state index contributed by atoms with van der Waals surface area (Å²) in [6, 6.07) is 0. The Hall–Kier alpha value is -4.54. The van der Waals surface area contributed by atoms with Crippen molar-refractivity contribution in [3.63, 3.8) is 0 Å². The molecule has 0 saturated heterocycles. The molecule has 0 aliphatic heterocycles. The molecular formula is C83H142O17P2. The van der Waals surface area contributed by atoms with Crippen molar-refractivity contribution in [3.8, 4) is 0 Å². The first kappa shape index (κ1) is 97.5. The van der Waals surface area contributed by atoms with Gasteiger partial charge in [0.1, 0.15) is 19.3 Å². The predicted molar refractivity (Wildman–Crippen MR) is 418 cm³/mol. The number of ether oxygens (including phenoxy) is 4. The Labute approximate surface area is 619 Å². The summed E-state index contributed by atoms with van der Waals surface area (Å²) < 4.78 is 68.5. The van der Waals surface area contributed by atoms with Gasteiger partial charge in [-0.1, -0.05) is 290 Å². The zero-order chi connectivity index (χ0) is 74.6. The molecule has 0 heterocycles. The molecule has 0 amide bonds. The topological polar surface area (TPSA) is 237 Å². The van der Waals surface area contributed by atoms with Crippen LogP contribution in [0.2, 0.25) is 0 Å². The van der Waals surface area contributed by atoms with Crippen LogP contribution in [0.3, 0.4) is 0 Å². The molecule has 102 heavy (non-hydrogen) atoms. The van der Waals surface area contributed by atoms with Crippen LogP contribution in [0.1, 0.15) is 323 Å². The Bertz CT molecular complexity index is 2410. The van der Waals surface area contributed by atoms with E-state index >= 15 is 0 Å². The number of carbonyl (C=O) groups excluding carboxylic acids is 4. The minimum absolute atomic E-state index is 0.0792. The van der Waals surface area contributed by atoms with E-state index in [9.17, 15) is 43.2 Å². The Morgan fingerprint density at radius 2 is 0.520 bits per heavy atom. The van der Waals surface area contributed by atoms with Crippen molar-refractivity contribution >= 4 is 39.5 Å². The van der Waals surface area contributed by atoms with E-state index in [1.807, 2.05) is 0 Å². The van der Waals surface area contributed by atoms with Gasteiger partial charge in [-0.05, 0) is 128 Å². The maximum atomic E-state index is 13.1. The molecule has 0 saturated carbocycles. The molecule has 0 aliphatic carbocycles. The number of unbranched alkanes of at least 4 members (excludes halogenated alkanes) is 28. The number of rotatable bonds is 74. The highest BCUT2D eigenvalue weighted by atomic mass is 31.2. The van der Waals surface area contributed by atoms with Crippen LogP contribution in [0.25, 0.3) is 0 Å². The predicted octanol–water partition coefficient (Wildman–Crippen LogP) is 23.1. The number of phosphoric acid groups is 2. The molecule has 17 nitrogen and oxygen atoms in total. The van der Waals surface area contributed by atoms with Crippen LogP contribution in [0.5, 0.6) is 0 Å². The van der Waals surface area contributed by atoms with Crippen molar-refractivity contribution < 1.29 is 80.2 Å². The van der Waals surface area contributed by atoms with E-state index in [4.69, 9.17) is 37.0 Å². The van der Waals surface area contributed by atoms with Crippen LogP contribution in [0.4, 0.5) is 0 Å². The number of aliphatic hydroxyl groups excluding tert-OH is 1. The van der Waals surface area contributed by atoms with Crippen LogP contribution in [-0.4, -0.2) is 96.7 Å². The molecule has 0 aromatic heterocycles. The van der Waals surface area contributed by atoms with Crippen molar-refractivity contribution in [1.82, 2.24) is 0 Å². The van der Waals surface area contributed by atoms with Gasteiger partial charge in [0.15, 0.2) is 12.2 Å². The maximum Gasteiger partial charge on any atom is 0.472 e. The van der Waals surface area contributed by atoms with Crippen molar-refractivity contribution in [2.45, 2.75) is 341 Å². The summed E-state index contributed by atoms with van der Waals surface area (Å²) in [5.74, 6) is -2.23. The smallest absolute Gasteiger partial charge is 0.462 e. The normalized spacial score (nSPS) is 14.5. The second-order valence-corrected chi connectivity index (χ2v) is 29.2. The van der Waals surface area contributed by atoms with Gasteiger partial charge < -0.3 is 33.8 Å². The minimum atomic E-state index is -4.98. The summed E-state index contributed by atoms with van der Waals surface area (Å²) in [7, 11) is -9.96. The summed E-state index contributed by atoms with van der Waals surface area (Å²) in [5, 5.41) is 10.6. The van der Waals surface area contributed by atoms with E-state index in [-0.39, 0.29) is 25.7 Å². The third kappa shape index (κ3) is 73.8. The van der Waals surface area contributed by atoms with E-state index in [0.29, 0.717) is 25.7 Å². The number of esters is 4. The number of allylic oxidation sites excluding steroid dienone is 20. The molecule has 3 N–H and O–H groups in total. The van der Waals surface area contributed by atoms with E-state index < -0.39 is 97.5 Å². The van der Waals surface area contributed by atoms with E-state index in [1.54, 1.807) is 0 Å². The third-order valence-corrected chi connectivity index (χ3v) is 18.3. The SMILES string of the molecule is CC/C=C\C/C=C\C/C=C\C/C=C\C/C=C\CCCCCC(=O)OCC(COP(=O)(O)OCC(O)COP(=O)(O)OCC(COC(=O)CCCCCCCC/C=C\C/C=C\C/C=C\C/C=C\CC)OC(=O)CCCCCCC/C=C\CCCC)OC(=O)CCCCCCCCCCCCCCC. The largest absolute Gasteiger partial charge is 0.472 e. The molecule has 0 radical (unpaired) electrons. The molecule has 5 atom stereocenters. The Morgan fingerprint density at radius 1 is 0.284 bits per heavy atom. The highest BCUT2D eigenvalue weighted by molar-refractivity contribution is 7.47. The van der Waals surface area contributed by atoms with Crippen LogP contribution >= 0.6 is 15.6 Å². The monoisotopic (exact) mass is 1470 g/mol. The van der Waals surface area contributed by atoms with Gasteiger partial charge >= 0.3 is 39.5 Å². The van der Waals surface area contributed by atoms with Crippen molar-refractivity contribution in [2.75, 3.05) is 39.6 Å². The van der Waals surface area contributed by atoms with E-state index in [0.717, 1.165) is 180 Å². The zero-order valence-corrected chi connectivity index (χ0v) is 65.8. The summed E-state index contributed by atoms with van der Waals surface area (Å²) in [6.07, 6.45) is 81.8. The highest BCUT2D eigenvalue weighted by Crippen LogP contribution is 2.45. The Morgan fingerprint density at radius 3 is 0.833 bits per heavy atom. The quantitative estimate of drug-likeness (QED) is 0.0169. The number of phosphoric ester groups is 2. The first-order valence-corrected chi connectivity index (χ1v) is 42.8. The Balaban J connectivity index is 5.33. The first-order chi connectivity index (χ1) is 49.7. The summed E-state index contributed by atoms with van der Waals surface area (Å²) in [4.78, 5) is 72.9. The second kappa shape index (κ2) is 74.7. The summed E-state index contributed by atoms with van der Waals surface area (Å²) in [5.41, 5.74) is 0. The highest BCUT2D eigenvalue weighted by Gasteiger charge is 2.30. The molecule has 586 valence electrons. The number of carbonyl (C=O) groups is 4. The van der Waals surface area contributed by atoms with Crippen LogP contribution < -0.4 is 0 Å². The zero-order valence-electron chi connectivity index (χ0n) is 64.0. The lowest BCUT2D eigenvalue weighted by Crippen LogP contribution is -2.30. The molecule has 5 unspecified atom stereocenters. The lowest BCUT2D eigenvalue weighted by atomic mass is 10.0. The van der Waals surface area contributed by atoms with Crippen molar-refractivity contribution in [3.05, 3.63) is 122 Å². The second-order valence-electron chi connectivity index (χ2n) is 26.2. The Kier molecular flexibility index (Phi) is 71.4.